The van der Waals surface area contributed by atoms with Crippen molar-refractivity contribution >= 4 is 15.9 Å². The number of aliphatic hydroxyl groups excluding tert-OH is 1. The van der Waals surface area contributed by atoms with Crippen molar-refractivity contribution in [3.8, 4) is 5.75 Å². The highest BCUT2D eigenvalue weighted by Gasteiger charge is 2.40. The molecule has 1 aliphatic rings. The van der Waals surface area contributed by atoms with Gasteiger partial charge >= 0.3 is 0 Å². The van der Waals surface area contributed by atoms with Gasteiger partial charge in [-0.15, -0.1) is 0 Å². The Hall–Kier alpha value is -2.53. The van der Waals surface area contributed by atoms with E-state index < -0.39 is 28.1 Å². The number of aromatic nitrogens is 1. The molecule has 1 saturated heterocycles. The monoisotopic (exact) mass is 407 g/mol. The van der Waals surface area contributed by atoms with Gasteiger partial charge in [-0.05, 0) is 49.2 Å². The second-order valence-corrected chi connectivity index (χ2v) is 8.27. The molecule has 2 heterocycles. The number of amides is 1. The van der Waals surface area contributed by atoms with E-state index in [4.69, 9.17) is 9.94 Å². The van der Waals surface area contributed by atoms with Crippen molar-refractivity contribution in [2.45, 2.75) is 36.5 Å². The lowest BCUT2D eigenvalue weighted by atomic mass is 10.0. The first-order valence-corrected chi connectivity index (χ1v) is 10.1. The Bertz CT molecular complexity index is 905. The lowest BCUT2D eigenvalue weighted by Crippen LogP contribution is -2.54. The van der Waals surface area contributed by atoms with Crippen molar-refractivity contribution in [2.75, 3.05) is 6.54 Å². The average Bonchev–Trinajstić information content (AvgIpc) is 2.72. The maximum absolute atomic E-state index is 13.0. The molecule has 1 aromatic heterocycles. The van der Waals surface area contributed by atoms with Crippen LogP contribution < -0.4 is 10.2 Å². The third kappa shape index (κ3) is 4.47. The largest absolute Gasteiger partial charge is 0.487 e. The zero-order valence-electron chi connectivity index (χ0n) is 14.9. The van der Waals surface area contributed by atoms with E-state index in [2.05, 4.69) is 4.98 Å². The topological polar surface area (TPSA) is 129 Å². The highest BCUT2D eigenvalue weighted by atomic mass is 32.2. The quantitative estimate of drug-likeness (QED) is 0.474. The number of benzene rings is 1. The van der Waals surface area contributed by atoms with Crippen molar-refractivity contribution < 1.29 is 28.3 Å². The molecule has 2 atom stereocenters. The number of sulfonamides is 1. The molecule has 1 aromatic carbocycles. The normalized spacial score (nSPS) is 20.5. The van der Waals surface area contributed by atoms with Gasteiger partial charge in [0, 0.05) is 12.7 Å². The van der Waals surface area contributed by atoms with E-state index in [9.17, 15) is 18.3 Å². The number of β-amino-alcohol motifs (C(OH)–C–C–N with tert-alkyl or cyclic N) is 1. The predicted molar refractivity (Wildman–Crippen MR) is 97.9 cm³/mol. The number of hydrogen-bond donors (Lipinski definition) is 3. The maximum Gasteiger partial charge on any atom is 0.261 e. The van der Waals surface area contributed by atoms with Crippen LogP contribution in [-0.2, 0) is 21.4 Å². The molecule has 2 aromatic rings. The van der Waals surface area contributed by atoms with Crippen LogP contribution in [-0.4, -0.2) is 52.6 Å². The first-order chi connectivity index (χ1) is 13.4. The molecular formula is C18H21N3O6S. The minimum Gasteiger partial charge on any atom is -0.487 e. The van der Waals surface area contributed by atoms with Gasteiger partial charge in [-0.25, -0.2) is 13.9 Å². The minimum atomic E-state index is -4.05. The molecule has 3 rings (SSSR count). The standard InChI is InChI=1S/C18H21N3O6S/c22-14-4-9-17(18(23)20-24)21(11-14)28(25,26)16-7-5-15(6-8-16)27-12-13-3-1-2-10-19-13/h1-3,5-8,10,14,17,22,24H,4,9,11-12H2,(H,20,23). The molecule has 28 heavy (non-hydrogen) atoms. The van der Waals surface area contributed by atoms with Crippen LogP contribution in [0.25, 0.3) is 0 Å². The third-order valence-electron chi connectivity index (χ3n) is 4.47. The van der Waals surface area contributed by atoms with Crippen LogP contribution >= 0.6 is 0 Å². The van der Waals surface area contributed by atoms with Crippen molar-refractivity contribution in [2.24, 2.45) is 0 Å². The van der Waals surface area contributed by atoms with Crippen LogP contribution in [0.4, 0.5) is 0 Å². The fourth-order valence-electron chi connectivity index (χ4n) is 3.01. The molecule has 1 fully saturated rings. The summed E-state index contributed by atoms with van der Waals surface area (Å²) in [5.74, 6) is -0.362. The van der Waals surface area contributed by atoms with Crippen molar-refractivity contribution in [3.63, 3.8) is 0 Å². The summed E-state index contributed by atoms with van der Waals surface area (Å²) in [4.78, 5) is 16.0. The lowest BCUT2D eigenvalue weighted by molar-refractivity contribution is -0.135. The maximum atomic E-state index is 13.0. The van der Waals surface area contributed by atoms with E-state index in [1.807, 2.05) is 12.1 Å². The highest BCUT2D eigenvalue weighted by Crippen LogP contribution is 2.27. The van der Waals surface area contributed by atoms with Gasteiger partial charge in [-0.2, -0.15) is 4.31 Å². The average molecular weight is 407 g/mol. The molecule has 1 amide bonds. The summed E-state index contributed by atoms with van der Waals surface area (Å²) < 4.78 is 32.4. The molecule has 150 valence electrons. The summed E-state index contributed by atoms with van der Waals surface area (Å²) >= 11 is 0. The first-order valence-electron chi connectivity index (χ1n) is 8.68. The summed E-state index contributed by atoms with van der Waals surface area (Å²) in [7, 11) is -4.05. The summed E-state index contributed by atoms with van der Waals surface area (Å²) in [5.41, 5.74) is 2.23. The smallest absolute Gasteiger partial charge is 0.261 e. The predicted octanol–water partition coefficient (Wildman–Crippen LogP) is 0.680. The summed E-state index contributed by atoms with van der Waals surface area (Å²) in [6.45, 7) is 0.0162. The summed E-state index contributed by atoms with van der Waals surface area (Å²) in [6.07, 6.45) is 1.15. The van der Waals surface area contributed by atoms with Crippen LogP contribution in [0.2, 0.25) is 0 Å². The number of piperidine rings is 1. The van der Waals surface area contributed by atoms with Crippen LogP contribution in [0.15, 0.2) is 53.6 Å². The number of hydrogen-bond acceptors (Lipinski definition) is 7. The Labute approximate surface area is 162 Å². The number of aliphatic hydroxyl groups is 1. The molecule has 0 radical (unpaired) electrons. The van der Waals surface area contributed by atoms with E-state index >= 15 is 0 Å². The number of nitrogens with zero attached hydrogens (tertiary/aromatic N) is 2. The number of rotatable bonds is 6. The molecule has 10 heteroatoms. The number of carbonyl (C=O) groups is 1. The molecule has 0 spiro atoms. The number of nitrogens with one attached hydrogen (secondary N) is 1. The van der Waals surface area contributed by atoms with Gasteiger partial charge in [-0.1, -0.05) is 6.07 Å². The molecule has 0 saturated carbocycles. The zero-order chi connectivity index (χ0) is 20.1. The highest BCUT2D eigenvalue weighted by molar-refractivity contribution is 7.89. The minimum absolute atomic E-state index is 0.0393. The Morgan fingerprint density at radius 2 is 1.96 bits per heavy atom. The van der Waals surface area contributed by atoms with Crippen LogP contribution in [0.5, 0.6) is 5.75 Å². The SMILES string of the molecule is O=C(NO)C1CCC(O)CN1S(=O)(=O)c1ccc(OCc2ccccn2)cc1. The second kappa shape index (κ2) is 8.65. The Balaban J connectivity index is 1.76. The molecule has 9 nitrogen and oxygen atoms in total. The van der Waals surface area contributed by atoms with Gasteiger partial charge in [0.25, 0.3) is 5.91 Å². The lowest BCUT2D eigenvalue weighted by Gasteiger charge is -2.35. The van der Waals surface area contributed by atoms with E-state index in [0.29, 0.717) is 5.75 Å². The van der Waals surface area contributed by atoms with Gasteiger partial charge in [0.2, 0.25) is 10.0 Å². The van der Waals surface area contributed by atoms with Crippen molar-refractivity contribution in [1.29, 1.82) is 0 Å². The van der Waals surface area contributed by atoms with Crippen LogP contribution in [0.1, 0.15) is 18.5 Å². The Morgan fingerprint density at radius 1 is 1.21 bits per heavy atom. The van der Waals surface area contributed by atoms with E-state index in [-0.39, 0.29) is 30.9 Å². The number of ether oxygens (including phenoxy) is 1. The molecule has 3 N–H and O–H groups in total. The van der Waals surface area contributed by atoms with E-state index in [1.165, 1.54) is 29.7 Å². The van der Waals surface area contributed by atoms with Crippen molar-refractivity contribution in [3.05, 3.63) is 54.4 Å². The fourth-order valence-corrected chi connectivity index (χ4v) is 4.66. The van der Waals surface area contributed by atoms with Gasteiger partial charge in [0.1, 0.15) is 18.4 Å². The zero-order valence-corrected chi connectivity index (χ0v) is 15.7. The second-order valence-electron chi connectivity index (χ2n) is 6.38. The molecule has 0 bridgehead atoms. The molecule has 2 unspecified atom stereocenters. The number of carbonyl (C=O) groups excluding carboxylic acids is 1. The Morgan fingerprint density at radius 3 is 2.61 bits per heavy atom. The molecular weight excluding hydrogens is 386 g/mol. The van der Waals surface area contributed by atoms with E-state index in [1.54, 1.807) is 12.3 Å². The van der Waals surface area contributed by atoms with Gasteiger partial charge in [0.05, 0.1) is 16.7 Å². The third-order valence-corrected chi connectivity index (χ3v) is 6.36. The van der Waals surface area contributed by atoms with Crippen LogP contribution in [0.3, 0.4) is 0 Å². The molecule has 1 aliphatic heterocycles. The van der Waals surface area contributed by atoms with E-state index in [0.717, 1.165) is 10.00 Å². The Kier molecular flexibility index (Phi) is 6.25. The number of pyridine rings is 1. The van der Waals surface area contributed by atoms with Gasteiger partial charge < -0.3 is 9.84 Å². The summed E-state index contributed by atoms with van der Waals surface area (Å²) in [6, 6.07) is 10.1. The van der Waals surface area contributed by atoms with Crippen LogP contribution in [0, 0.1) is 0 Å². The first kappa shape index (κ1) is 20.2. The van der Waals surface area contributed by atoms with Gasteiger partial charge in [-0.3, -0.25) is 15.0 Å². The van der Waals surface area contributed by atoms with Gasteiger partial charge in [0.15, 0.2) is 0 Å². The number of hydroxylamine groups is 1. The van der Waals surface area contributed by atoms with Crippen molar-refractivity contribution in [1.82, 2.24) is 14.8 Å². The summed E-state index contributed by atoms with van der Waals surface area (Å²) in [5, 5.41) is 18.7. The fraction of sp³-hybridized carbons (Fsp3) is 0.333. The molecule has 0 aliphatic carbocycles.